The highest BCUT2D eigenvalue weighted by atomic mass is 32.2. The zero-order chi connectivity index (χ0) is 21.4. The molecule has 8 heteroatoms. The van der Waals surface area contributed by atoms with Gasteiger partial charge in [0.15, 0.2) is 0 Å². The van der Waals surface area contributed by atoms with Gasteiger partial charge in [0, 0.05) is 18.1 Å². The molecule has 0 saturated carbocycles. The van der Waals surface area contributed by atoms with E-state index in [0.717, 1.165) is 16.1 Å². The Hall–Kier alpha value is -2.06. The summed E-state index contributed by atoms with van der Waals surface area (Å²) < 4.78 is 39.0. The molecule has 0 aromatic heterocycles. The Morgan fingerprint density at radius 2 is 1.79 bits per heavy atom. The topological polar surface area (TPSA) is 66.5 Å². The highest BCUT2D eigenvalue weighted by molar-refractivity contribution is 7.98. The number of rotatable bonds is 10. The van der Waals surface area contributed by atoms with Crippen LogP contribution in [-0.2, 0) is 20.6 Å². The van der Waals surface area contributed by atoms with E-state index in [1.54, 1.807) is 30.3 Å². The van der Waals surface area contributed by atoms with E-state index in [4.69, 9.17) is 0 Å². The summed E-state index contributed by atoms with van der Waals surface area (Å²) in [5.41, 5.74) is 2.18. The van der Waals surface area contributed by atoms with Gasteiger partial charge in [-0.05, 0) is 35.2 Å². The van der Waals surface area contributed by atoms with Crippen LogP contribution in [0, 0.1) is 5.82 Å². The van der Waals surface area contributed by atoms with Gasteiger partial charge in [-0.2, -0.15) is 11.8 Å². The van der Waals surface area contributed by atoms with Gasteiger partial charge < -0.3 is 5.32 Å². The molecule has 2 rings (SSSR count). The van der Waals surface area contributed by atoms with Crippen LogP contribution in [0.1, 0.15) is 30.9 Å². The minimum Gasteiger partial charge on any atom is -0.354 e. The molecule has 29 heavy (non-hydrogen) atoms. The van der Waals surface area contributed by atoms with E-state index >= 15 is 0 Å². The molecule has 0 bridgehead atoms. The van der Waals surface area contributed by atoms with Gasteiger partial charge >= 0.3 is 0 Å². The number of carbonyl (C=O) groups excluding carboxylic acids is 1. The van der Waals surface area contributed by atoms with Crippen LogP contribution >= 0.6 is 11.8 Å². The van der Waals surface area contributed by atoms with Crippen LogP contribution in [0.3, 0.4) is 0 Å². The van der Waals surface area contributed by atoms with E-state index in [2.05, 4.69) is 19.2 Å². The molecule has 0 atom stereocenters. The van der Waals surface area contributed by atoms with Crippen molar-refractivity contribution in [3.63, 3.8) is 0 Å². The van der Waals surface area contributed by atoms with E-state index < -0.39 is 10.0 Å². The number of carbonyl (C=O) groups is 1. The first-order chi connectivity index (χ1) is 13.7. The number of nitrogens with zero attached hydrogens (tertiary/aromatic N) is 1. The monoisotopic (exact) mass is 438 g/mol. The van der Waals surface area contributed by atoms with Crippen molar-refractivity contribution in [1.29, 1.82) is 0 Å². The van der Waals surface area contributed by atoms with Gasteiger partial charge in [0.1, 0.15) is 12.4 Å². The van der Waals surface area contributed by atoms with Gasteiger partial charge in [0.25, 0.3) is 0 Å². The normalized spacial score (nSPS) is 11.5. The molecule has 0 radical (unpaired) electrons. The second kappa shape index (κ2) is 10.6. The van der Waals surface area contributed by atoms with Crippen LogP contribution in [0.2, 0.25) is 0 Å². The van der Waals surface area contributed by atoms with E-state index in [1.807, 2.05) is 12.1 Å². The molecular formula is C21H27FN2O3S2. The second-order valence-corrected chi connectivity index (χ2v) is 10.0. The highest BCUT2D eigenvalue weighted by Crippen LogP contribution is 2.22. The largest absolute Gasteiger partial charge is 0.354 e. The molecule has 2 aromatic rings. The van der Waals surface area contributed by atoms with Crippen molar-refractivity contribution >= 4 is 33.4 Å². The molecule has 0 heterocycles. The Kier molecular flexibility index (Phi) is 8.52. The molecule has 1 N–H and O–H groups in total. The summed E-state index contributed by atoms with van der Waals surface area (Å²) in [4.78, 5) is 12.2. The molecule has 2 aromatic carbocycles. The lowest BCUT2D eigenvalue weighted by Gasteiger charge is -2.22. The maximum atomic E-state index is 13.6. The molecule has 0 aliphatic heterocycles. The fourth-order valence-corrected chi connectivity index (χ4v) is 4.37. The van der Waals surface area contributed by atoms with Gasteiger partial charge in [0.2, 0.25) is 15.9 Å². The summed E-state index contributed by atoms with van der Waals surface area (Å²) >= 11 is 1.50. The Labute approximate surface area is 176 Å². The molecule has 1 amide bonds. The zero-order valence-corrected chi connectivity index (χ0v) is 18.5. The summed E-state index contributed by atoms with van der Waals surface area (Å²) in [6.45, 7) is 4.21. The minimum atomic E-state index is -3.60. The number of halogens is 1. The zero-order valence-electron chi connectivity index (χ0n) is 16.9. The van der Waals surface area contributed by atoms with Crippen LogP contribution in [0.5, 0.6) is 0 Å². The first-order valence-corrected chi connectivity index (χ1v) is 12.3. The van der Waals surface area contributed by atoms with Crippen molar-refractivity contribution in [2.24, 2.45) is 0 Å². The number of anilines is 1. The maximum absolute atomic E-state index is 13.6. The highest BCUT2D eigenvalue weighted by Gasteiger charge is 2.20. The molecule has 0 spiro atoms. The minimum absolute atomic E-state index is 0.240. The summed E-state index contributed by atoms with van der Waals surface area (Å²) in [6, 6.07) is 13.8. The predicted molar refractivity (Wildman–Crippen MR) is 118 cm³/mol. The average molecular weight is 439 g/mol. The van der Waals surface area contributed by atoms with Crippen molar-refractivity contribution in [2.45, 2.75) is 25.5 Å². The number of hydrogen-bond donors (Lipinski definition) is 1. The third-order valence-corrected chi connectivity index (χ3v) is 6.47. The smallest absolute Gasteiger partial charge is 0.240 e. The van der Waals surface area contributed by atoms with Crippen molar-refractivity contribution in [3.05, 3.63) is 65.5 Å². The first-order valence-electron chi connectivity index (χ1n) is 9.34. The number of hydrogen-bond acceptors (Lipinski definition) is 4. The number of nitrogens with one attached hydrogen (secondary N) is 1. The molecule has 0 saturated heterocycles. The predicted octanol–water partition coefficient (Wildman–Crippen LogP) is 3.76. The van der Waals surface area contributed by atoms with Crippen molar-refractivity contribution in [2.75, 3.05) is 29.4 Å². The Balaban J connectivity index is 1.86. The standard InChI is InChI=1S/C21H27FN2O3S2/c1-16(2)17-8-10-19(11-9-17)24(29(3,26)27)14-21(25)23-12-13-28-15-18-6-4-5-7-20(18)22/h4-11,16H,12-15H2,1-3H3,(H,23,25). The summed E-state index contributed by atoms with van der Waals surface area (Å²) in [7, 11) is -3.60. The van der Waals surface area contributed by atoms with Gasteiger partial charge in [-0.1, -0.05) is 44.2 Å². The Morgan fingerprint density at radius 3 is 2.38 bits per heavy atom. The number of benzene rings is 2. The molecular weight excluding hydrogens is 411 g/mol. The van der Waals surface area contributed by atoms with Crippen LogP contribution in [0.15, 0.2) is 48.5 Å². The third kappa shape index (κ3) is 7.36. The molecule has 158 valence electrons. The number of thioether (sulfide) groups is 1. The van der Waals surface area contributed by atoms with E-state index in [1.165, 1.54) is 17.8 Å². The Morgan fingerprint density at radius 1 is 1.14 bits per heavy atom. The summed E-state index contributed by atoms with van der Waals surface area (Å²) in [6.07, 6.45) is 1.08. The maximum Gasteiger partial charge on any atom is 0.240 e. The van der Waals surface area contributed by atoms with Crippen LogP contribution in [0.25, 0.3) is 0 Å². The molecule has 0 unspecified atom stereocenters. The fraction of sp³-hybridized carbons (Fsp3) is 0.381. The lowest BCUT2D eigenvalue weighted by atomic mass is 10.0. The van der Waals surface area contributed by atoms with E-state index in [-0.39, 0.29) is 18.3 Å². The second-order valence-electron chi connectivity index (χ2n) is 7.01. The number of sulfonamides is 1. The van der Waals surface area contributed by atoms with Crippen molar-refractivity contribution in [1.82, 2.24) is 5.32 Å². The van der Waals surface area contributed by atoms with Gasteiger partial charge in [-0.15, -0.1) is 0 Å². The van der Waals surface area contributed by atoms with Crippen molar-refractivity contribution in [3.8, 4) is 0 Å². The lowest BCUT2D eigenvalue weighted by Crippen LogP contribution is -2.41. The third-order valence-electron chi connectivity index (χ3n) is 4.32. The van der Waals surface area contributed by atoms with Gasteiger partial charge in [0.05, 0.1) is 11.9 Å². The average Bonchev–Trinajstić information content (AvgIpc) is 2.66. The fourth-order valence-electron chi connectivity index (χ4n) is 2.67. The van der Waals surface area contributed by atoms with Crippen molar-refractivity contribution < 1.29 is 17.6 Å². The molecule has 0 aliphatic rings. The lowest BCUT2D eigenvalue weighted by molar-refractivity contribution is -0.119. The number of amides is 1. The van der Waals surface area contributed by atoms with Gasteiger partial charge in [-0.3, -0.25) is 9.10 Å². The van der Waals surface area contributed by atoms with Crippen LogP contribution in [0.4, 0.5) is 10.1 Å². The van der Waals surface area contributed by atoms with Crippen LogP contribution in [-0.4, -0.2) is 39.4 Å². The molecule has 5 nitrogen and oxygen atoms in total. The Bertz CT molecular complexity index is 916. The van der Waals surface area contributed by atoms with Gasteiger partial charge in [-0.25, -0.2) is 12.8 Å². The molecule has 0 aliphatic carbocycles. The SMILES string of the molecule is CC(C)c1ccc(N(CC(=O)NCCSCc2ccccc2F)S(C)(=O)=O)cc1. The first kappa shape index (κ1) is 23.2. The quantitative estimate of drug-likeness (QED) is 0.574. The van der Waals surface area contributed by atoms with E-state index in [0.29, 0.717) is 35.2 Å². The molecule has 0 fully saturated rings. The van der Waals surface area contributed by atoms with Crippen LogP contribution < -0.4 is 9.62 Å². The summed E-state index contributed by atoms with van der Waals surface area (Å²) in [5.74, 6) is 0.828. The summed E-state index contributed by atoms with van der Waals surface area (Å²) in [5, 5.41) is 2.73. The van der Waals surface area contributed by atoms with E-state index in [9.17, 15) is 17.6 Å².